The number of hydrogen-bond acceptors (Lipinski definition) is 5. The first-order valence-corrected chi connectivity index (χ1v) is 9.59. The Bertz CT molecular complexity index is 1070. The lowest BCUT2D eigenvalue weighted by Crippen LogP contribution is -2.49. The molecular formula is C20H20ClN5O2. The van der Waals surface area contributed by atoms with Crippen LogP contribution in [0.15, 0.2) is 53.3 Å². The third kappa shape index (κ3) is 3.76. The van der Waals surface area contributed by atoms with Crippen molar-refractivity contribution in [3.05, 3.63) is 69.5 Å². The molecule has 7 nitrogen and oxygen atoms in total. The van der Waals surface area contributed by atoms with E-state index < -0.39 is 0 Å². The highest BCUT2D eigenvalue weighted by atomic mass is 35.5. The number of amides is 1. The first-order valence-electron chi connectivity index (χ1n) is 9.22. The van der Waals surface area contributed by atoms with Crippen molar-refractivity contribution in [1.82, 2.24) is 25.2 Å². The van der Waals surface area contributed by atoms with Gasteiger partial charge in [0.05, 0.1) is 18.0 Å². The molecule has 0 radical (unpaired) electrons. The van der Waals surface area contributed by atoms with Crippen molar-refractivity contribution in [3.63, 3.8) is 0 Å². The van der Waals surface area contributed by atoms with E-state index in [1.54, 1.807) is 18.2 Å². The number of piperazine rings is 1. The van der Waals surface area contributed by atoms with Crippen LogP contribution in [0.2, 0.25) is 5.02 Å². The number of carbonyl (C=O) groups is 1. The predicted octanol–water partition coefficient (Wildman–Crippen LogP) is 2.01. The summed E-state index contributed by atoms with van der Waals surface area (Å²) < 4.78 is 1.26. The number of fused-ring (bicyclic) bond motifs is 1. The minimum atomic E-state index is -0.231. The average molecular weight is 398 g/mol. The molecule has 1 unspecified atom stereocenters. The third-order valence-electron chi connectivity index (χ3n) is 4.96. The number of benzene rings is 2. The van der Waals surface area contributed by atoms with Crippen LogP contribution in [0, 0.1) is 0 Å². The van der Waals surface area contributed by atoms with Crippen LogP contribution in [-0.4, -0.2) is 45.4 Å². The summed E-state index contributed by atoms with van der Waals surface area (Å²) in [6.45, 7) is 2.20. The minimum Gasteiger partial charge on any atom is -0.333 e. The van der Waals surface area contributed by atoms with E-state index >= 15 is 0 Å². The van der Waals surface area contributed by atoms with Crippen molar-refractivity contribution in [2.75, 3.05) is 19.6 Å². The first kappa shape index (κ1) is 18.6. The summed E-state index contributed by atoms with van der Waals surface area (Å²) in [4.78, 5) is 27.3. The van der Waals surface area contributed by atoms with E-state index in [9.17, 15) is 9.59 Å². The van der Waals surface area contributed by atoms with Crippen LogP contribution >= 0.6 is 11.6 Å². The molecule has 1 aromatic heterocycles. The number of nitrogens with one attached hydrogen (secondary N) is 1. The summed E-state index contributed by atoms with van der Waals surface area (Å²) in [5.41, 5.74) is 1.32. The molecule has 0 bridgehead atoms. The van der Waals surface area contributed by atoms with Crippen molar-refractivity contribution in [2.24, 2.45) is 0 Å². The van der Waals surface area contributed by atoms with Gasteiger partial charge in [0.2, 0.25) is 5.91 Å². The second-order valence-electron chi connectivity index (χ2n) is 6.75. The van der Waals surface area contributed by atoms with Gasteiger partial charge in [-0.25, -0.2) is 4.68 Å². The minimum absolute atomic E-state index is 0.0201. The maximum Gasteiger partial charge on any atom is 0.277 e. The van der Waals surface area contributed by atoms with Crippen molar-refractivity contribution in [3.8, 4) is 0 Å². The van der Waals surface area contributed by atoms with Gasteiger partial charge in [0.15, 0.2) is 0 Å². The maximum atomic E-state index is 12.9. The van der Waals surface area contributed by atoms with Crippen LogP contribution in [0.1, 0.15) is 18.0 Å². The number of halogens is 1. The van der Waals surface area contributed by atoms with Crippen LogP contribution in [0.25, 0.3) is 10.9 Å². The Hall–Kier alpha value is -2.77. The number of nitrogens with zero attached hydrogens (tertiary/aromatic N) is 4. The van der Waals surface area contributed by atoms with E-state index in [1.807, 2.05) is 35.2 Å². The van der Waals surface area contributed by atoms with Gasteiger partial charge in [0, 0.05) is 31.1 Å². The summed E-state index contributed by atoms with van der Waals surface area (Å²) in [6, 6.07) is 14.5. The molecule has 28 heavy (non-hydrogen) atoms. The zero-order chi connectivity index (χ0) is 19.5. The summed E-state index contributed by atoms with van der Waals surface area (Å²) in [5, 5.41) is 12.5. The Morgan fingerprint density at radius 2 is 2.07 bits per heavy atom. The number of hydrogen-bond donors (Lipinski definition) is 1. The molecule has 8 heteroatoms. The van der Waals surface area contributed by atoms with E-state index in [2.05, 4.69) is 15.6 Å². The van der Waals surface area contributed by atoms with Gasteiger partial charge >= 0.3 is 0 Å². The van der Waals surface area contributed by atoms with Crippen molar-refractivity contribution in [1.29, 1.82) is 0 Å². The largest absolute Gasteiger partial charge is 0.333 e. The SMILES string of the molecule is O=C(CCn1nnc2ccccc2c1=O)N1CCNCC1c1cccc(Cl)c1. The molecule has 1 N–H and O–H groups in total. The molecule has 2 aromatic carbocycles. The molecule has 1 fully saturated rings. The van der Waals surface area contributed by atoms with Gasteiger partial charge in [-0.1, -0.05) is 41.1 Å². The molecule has 0 spiro atoms. The number of carbonyl (C=O) groups excluding carboxylic acids is 1. The summed E-state index contributed by atoms with van der Waals surface area (Å²) in [6.07, 6.45) is 0.185. The fourth-order valence-electron chi connectivity index (χ4n) is 3.53. The average Bonchev–Trinajstić information content (AvgIpc) is 2.73. The molecule has 1 aliphatic heterocycles. The number of aryl methyl sites for hydroxylation is 1. The van der Waals surface area contributed by atoms with E-state index in [0.717, 1.165) is 12.1 Å². The second-order valence-corrected chi connectivity index (χ2v) is 7.18. The smallest absolute Gasteiger partial charge is 0.277 e. The summed E-state index contributed by atoms with van der Waals surface area (Å²) in [7, 11) is 0. The van der Waals surface area contributed by atoms with Gasteiger partial charge in [0.25, 0.3) is 5.56 Å². The Kier molecular flexibility index (Phi) is 5.36. The van der Waals surface area contributed by atoms with Gasteiger partial charge in [-0.05, 0) is 29.8 Å². The van der Waals surface area contributed by atoms with Gasteiger partial charge in [-0.3, -0.25) is 9.59 Å². The number of aromatic nitrogens is 3. The predicted molar refractivity (Wildman–Crippen MR) is 107 cm³/mol. The summed E-state index contributed by atoms with van der Waals surface area (Å²) in [5.74, 6) is -0.0201. The second kappa shape index (κ2) is 8.08. The quantitative estimate of drug-likeness (QED) is 0.728. The van der Waals surface area contributed by atoms with E-state index in [1.165, 1.54) is 4.68 Å². The molecular weight excluding hydrogens is 378 g/mol. The lowest BCUT2D eigenvalue weighted by molar-refractivity contribution is -0.134. The molecule has 144 valence electrons. The molecule has 0 aliphatic carbocycles. The van der Waals surface area contributed by atoms with E-state index in [0.29, 0.717) is 29.0 Å². The van der Waals surface area contributed by atoms with Crippen LogP contribution in [0.4, 0.5) is 0 Å². The highest BCUT2D eigenvalue weighted by Gasteiger charge is 2.27. The van der Waals surface area contributed by atoms with E-state index in [-0.39, 0.29) is 30.5 Å². The molecule has 3 aromatic rings. The zero-order valence-electron chi connectivity index (χ0n) is 15.2. The van der Waals surface area contributed by atoms with Gasteiger partial charge < -0.3 is 10.2 Å². The van der Waals surface area contributed by atoms with Crippen LogP contribution in [-0.2, 0) is 11.3 Å². The fraction of sp³-hybridized carbons (Fsp3) is 0.300. The summed E-state index contributed by atoms with van der Waals surface area (Å²) >= 11 is 6.12. The molecule has 4 rings (SSSR count). The molecule has 2 heterocycles. The zero-order valence-corrected chi connectivity index (χ0v) is 16.0. The lowest BCUT2D eigenvalue weighted by atomic mass is 10.0. The monoisotopic (exact) mass is 397 g/mol. The Morgan fingerprint density at radius 3 is 2.93 bits per heavy atom. The van der Waals surface area contributed by atoms with Crippen molar-refractivity contribution >= 4 is 28.4 Å². The van der Waals surface area contributed by atoms with Crippen molar-refractivity contribution < 1.29 is 4.79 Å². The Labute approximate surface area is 166 Å². The fourth-order valence-corrected chi connectivity index (χ4v) is 3.73. The molecule has 1 atom stereocenters. The molecule has 1 amide bonds. The number of rotatable bonds is 4. The topological polar surface area (TPSA) is 80.1 Å². The van der Waals surface area contributed by atoms with Crippen LogP contribution < -0.4 is 10.9 Å². The van der Waals surface area contributed by atoms with Crippen LogP contribution in [0.5, 0.6) is 0 Å². The molecule has 1 saturated heterocycles. The van der Waals surface area contributed by atoms with Gasteiger partial charge in [-0.2, -0.15) is 0 Å². The molecule has 1 aliphatic rings. The van der Waals surface area contributed by atoms with Crippen molar-refractivity contribution in [2.45, 2.75) is 19.0 Å². The lowest BCUT2D eigenvalue weighted by Gasteiger charge is -2.36. The standard InChI is InChI=1S/C20H20ClN5O2/c21-15-5-3-4-14(12-15)18-13-22-9-11-25(18)19(27)8-10-26-20(28)16-6-1-2-7-17(16)23-24-26/h1-7,12,18,22H,8-11,13H2. The van der Waals surface area contributed by atoms with E-state index in [4.69, 9.17) is 11.6 Å². The Balaban J connectivity index is 1.51. The highest BCUT2D eigenvalue weighted by Crippen LogP contribution is 2.25. The maximum absolute atomic E-state index is 12.9. The Morgan fingerprint density at radius 1 is 1.21 bits per heavy atom. The molecule has 0 saturated carbocycles. The third-order valence-corrected chi connectivity index (χ3v) is 5.20. The van der Waals surface area contributed by atoms with Crippen LogP contribution in [0.3, 0.4) is 0 Å². The first-order chi connectivity index (χ1) is 13.6. The normalized spacial score (nSPS) is 17.0. The highest BCUT2D eigenvalue weighted by molar-refractivity contribution is 6.30. The van der Waals surface area contributed by atoms with Gasteiger partial charge in [-0.15, -0.1) is 5.10 Å². The van der Waals surface area contributed by atoms with Gasteiger partial charge in [0.1, 0.15) is 5.52 Å².